The van der Waals surface area contributed by atoms with E-state index >= 15 is 0 Å². The van der Waals surface area contributed by atoms with Crippen molar-refractivity contribution in [1.82, 2.24) is 0 Å². The minimum absolute atomic E-state index is 0.237. The third-order valence-electron chi connectivity index (χ3n) is 4.24. The Morgan fingerprint density at radius 3 is 1.90 bits per heavy atom. The SMILES string of the molecule is CCC1(C)C(N)CC1Oc1c(F)c(F)c(F)c(F)c1F. The molecule has 2 N–H and O–H groups in total. The van der Waals surface area contributed by atoms with Crippen LogP contribution in [0.4, 0.5) is 22.0 Å². The normalized spacial score (nSPS) is 29.2. The Morgan fingerprint density at radius 2 is 1.50 bits per heavy atom. The predicted octanol–water partition coefficient (Wildman–Crippen LogP) is 3.28. The third-order valence-corrected chi connectivity index (χ3v) is 4.24. The van der Waals surface area contributed by atoms with E-state index in [-0.39, 0.29) is 6.04 Å². The summed E-state index contributed by atoms with van der Waals surface area (Å²) in [6.45, 7) is 3.56. The number of rotatable bonds is 3. The molecule has 0 spiro atoms. The zero-order valence-corrected chi connectivity index (χ0v) is 10.9. The Bertz CT molecular complexity index is 521. The predicted molar refractivity (Wildman–Crippen MR) is 61.6 cm³/mol. The summed E-state index contributed by atoms with van der Waals surface area (Å²) in [5.74, 6) is -11.4. The van der Waals surface area contributed by atoms with Crippen molar-refractivity contribution in [3.63, 3.8) is 0 Å². The van der Waals surface area contributed by atoms with E-state index in [1.807, 2.05) is 6.92 Å². The lowest BCUT2D eigenvalue weighted by molar-refractivity contribution is -0.0602. The van der Waals surface area contributed by atoms with Gasteiger partial charge in [0.05, 0.1) is 0 Å². The molecule has 3 unspecified atom stereocenters. The van der Waals surface area contributed by atoms with Gasteiger partial charge < -0.3 is 10.5 Å². The van der Waals surface area contributed by atoms with Crippen molar-refractivity contribution >= 4 is 0 Å². The maximum atomic E-state index is 13.5. The second kappa shape index (κ2) is 4.87. The molecule has 1 aromatic rings. The highest BCUT2D eigenvalue weighted by molar-refractivity contribution is 5.30. The summed E-state index contributed by atoms with van der Waals surface area (Å²) in [7, 11) is 0. The molecule has 1 aliphatic carbocycles. The highest BCUT2D eigenvalue weighted by Crippen LogP contribution is 2.45. The van der Waals surface area contributed by atoms with Crippen LogP contribution in [0.5, 0.6) is 5.75 Å². The number of ether oxygens (including phenoxy) is 1. The van der Waals surface area contributed by atoms with E-state index in [1.54, 1.807) is 6.92 Å². The van der Waals surface area contributed by atoms with E-state index in [1.165, 1.54) is 0 Å². The van der Waals surface area contributed by atoms with Crippen molar-refractivity contribution in [3.05, 3.63) is 29.1 Å². The highest BCUT2D eigenvalue weighted by Gasteiger charge is 2.51. The molecule has 0 saturated heterocycles. The molecule has 1 saturated carbocycles. The first kappa shape index (κ1) is 15.0. The van der Waals surface area contributed by atoms with Gasteiger partial charge in [0.2, 0.25) is 29.1 Å². The van der Waals surface area contributed by atoms with E-state index in [4.69, 9.17) is 10.5 Å². The molecule has 2 rings (SSSR count). The van der Waals surface area contributed by atoms with Gasteiger partial charge in [-0.2, -0.15) is 8.78 Å². The summed E-state index contributed by atoms with van der Waals surface area (Å²) in [6, 6.07) is -0.237. The molecule has 0 radical (unpaired) electrons. The van der Waals surface area contributed by atoms with E-state index in [9.17, 15) is 22.0 Å². The maximum Gasteiger partial charge on any atom is 0.207 e. The highest BCUT2D eigenvalue weighted by atomic mass is 19.2. The lowest BCUT2D eigenvalue weighted by Crippen LogP contribution is -2.61. The second-order valence-corrected chi connectivity index (χ2v) is 5.21. The van der Waals surface area contributed by atoms with Crippen LogP contribution >= 0.6 is 0 Å². The lowest BCUT2D eigenvalue weighted by Gasteiger charge is -2.51. The average Bonchev–Trinajstić information content (AvgIpc) is 2.45. The van der Waals surface area contributed by atoms with Crippen molar-refractivity contribution < 1.29 is 26.7 Å². The molecule has 0 aliphatic heterocycles. The molecule has 20 heavy (non-hydrogen) atoms. The van der Waals surface area contributed by atoms with Crippen molar-refractivity contribution in [3.8, 4) is 5.75 Å². The van der Waals surface area contributed by atoms with Crippen LogP contribution in [0.3, 0.4) is 0 Å². The van der Waals surface area contributed by atoms with Gasteiger partial charge in [0.25, 0.3) is 0 Å². The molecule has 7 heteroatoms. The number of halogens is 5. The molecule has 3 atom stereocenters. The first-order valence-corrected chi connectivity index (χ1v) is 6.17. The Morgan fingerprint density at radius 1 is 1.05 bits per heavy atom. The summed E-state index contributed by atoms with van der Waals surface area (Å²) in [5, 5.41) is 0. The van der Waals surface area contributed by atoms with Crippen molar-refractivity contribution in [2.45, 2.75) is 38.8 Å². The van der Waals surface area contributed by atoms with E-state index in [0.29, 0.717) is 12.8 Å². The largest absolute Gasteiger partial charge is 0.484 e. The smallest absolute Gasteiger partial charge is 0.207 e. The van der Waals surface area contributed by atoms with Gasteiger partial charge in [0, 0.05) is 17.9 Å². The Kier molecular flexibility index (Phi) is 3.66. The molecular weight excluding hydrogens is 281 g/mol. The number of hydrogen-bond acceptors (Lipinski definition) is 2. The number of hydrogen-bond donors (Lipinski definition) is 1. The zero-order chi connectivity index (χ0) is 15.2. The quantitative estimate of drug-likeness (QED) is 0.527. The standard InChI is InChI=1S/C13H14F5NO/c1-3-13(2)5(19)4-6(13)20-12-10(17)8(15)7(14)9(16)11(12)18/h5-6H,3-4,19H2,1-2H3. The van der Waals surface area contributed by atoms with E-state index in [2.05, 4.69) is 0 Å². The minimum atomic E-state index is -2.20. The van der Waals surface area contributed by atoms with Gasteiger partial charge in [-0.25, -0.2) is 13.2 Å². The molecule has 1 aromatic carbocycles. The summed E-state index contributed by atoms with van der Waals surface area (Å²) in [4.78, 5) is 0. The molecule has 0 bridgehead atoms. The molecule has 1 aliphatic rings. The van der Waals surface area contributed by atoms with Gasteiger partial charge in [-0.05, 0) is 6.42 Å². The van der Waals surface area contributed by atoms with Crippen LogP contribution in [0.15, 0.2) is 0 Å². The van der Waals surface area contributed by atoms with Crippen LogP contribution < -0.4 is 10.5 Å². The van der Waals surface area contributed by atoms with Gasteiger partial charge in [-0.3, -0.25) is 0 Å². The summed E-state index contributed by atoms with van der Waals surface area (Å²) in [6.07, 6.45) is 0.175. The fourth-order valence-electron chi connectivity index (χ4n) is 2.35. The van der Waals surface area contributed by atoms with Crippen LogP contribution in [0.25, 0.3) is 0 Å². The molecule has 0 heterocycles. The fraction of sp³-hybridized carbons (Fsp3) is 0.538. The number of benzene rings is 1. The molecular formula is C13H14F5NO. The topological polar surface area (TPSA) is 35.2 Å². The summed E-state index contributed by atoms with van der Waals surface area (Å²) >= 11 is 0. The molecule has 112 valence electrons. The van der Waals surface area contributed by atoms with Crippen LogP contribution in [-0.2, 0) is 0 Å². The summed E-state index contributed by atoms with van der Waals surface area (Å²) in [5.41, 5.74) is 5.24. The van der Waals surface area contributed by atoms with Crippen LogP contribution in [-0.4, -0.2) is 12.1 Å². The minimum Gasteiger partial charge on any atom is -0.484 e. The van der Waals surface area contributed by atoms with Crippen LogP contribution in [0, 0.1) is 34.5 Å². The molecule has 0 aromatic heterocycles. The van der Waals surface area contributed by atoms with Crippen molar-refractivity contribution in [2.75, 3.05) is 0 Å². The van der Waals surface area contributed by atoms with E-state index in [0.717, 1.165) is 0 Å². The van der Waals surface area contributed by atoms with Gasteiger partial charge in [-0.1, -0.05) is 13.8 Å². The molecule has 1 fully saturated rings. The molecule has 0 amide bonds. The first-order valence-electron chi connectivity index (χ1n) is 6.17. The monoisotopic (exact) mass is 295 g/mol. The second-order valence-electron chi connectivity index (χ2n) is 5.21. The molecule has 2 nitrogen and oxygen atoms in total. The van der Waals surface area contributed by atoms with Gasteiger partial charge in [0.1, 0.15) is 6.10 Å². The van der Waals surface area contributed by atoms with Crippen molar-refractivity contribution in [1.29, 1.82) is 0 Å². The van der Waals surface area contributed by atoms with Crippen molar-refractivity contribution in [2.24, 2.45) is 11.1 Å². The van der Waals surface area contributed by atoms with Gasteiger partial charge in [-0.15, -0.1) is 0 Å². The van der Waals surface area contributed by atoms with Crippen LogP contribution in [0.1, 0.15) is 26.7 Å². The third kappa shape index (κ3) is 1.95. The first-order chi connectivity index (χ1) is 9.24. The lowest BCUT2D eigenvalue weighted by atomic mass is 9.62. The Hall–Kier alpha value is -1.37. The van der Waals surface area contributed by atoms with Gasteiger partial charge in [0.15, 0.2) is 5.75 Å². The maximum absolute atomic E-state index is 13.5. The average molecular weight is 295 g/mol. The zero-order valence-electron chi connectivity index (χ0n) is 10.9. The number of nitrogens with two attached hydrogens (primary N) is 1. The van der Waals surface area contributed by atoms with Crippen LogP contribution in [0.2, 0.25) is 0 Å². The fourth-order valence-corrected chi connectivity index (χ4v) is 2.35. The summed E-state index contributed by atoms with van der Waals surface area (Å²) < 4.78 is 71.1. The van der Waals surface area contributed by atoms with Gasteiger partial charge >= 0.3 is 0 Å². The van der Waals surface area contributed by atoms with E-state index < -0.39 is 46.4 Å². The Labute approximate surface area is 112 Å². The Balaban J connectivity index is 2.37.